The Balaban J connectivity index is 2.39. The Kier molecular flexibility index (Phi) is 5.73. The van der Waals surface area contributed by atoms with Crippen molar-refractivity contribution in [2.24, 2.45) is 0 Å². The van der Waals surface area contributed by atoms with E-state index in [9.17, 15) is 19.1 Å². The van der Waals surface area contributed by atoms with Crippen LogP contribution < -0.4 is 0 Å². The van der Waals surface area contributed by atoms with Crippen LogP contribution in [0.4, 0.5) is 0 Å². The molecule has 0 saturated carbocycles. The van der Waals surface area contributed by atoms with E-state index in [2.05, 4.69) is 0 Å². The topological polar surface area (TPSA) is 83.8 Å². The summed E-state index contributed by atoms with van der Waals surface area (Å²) in [5.74, 6) is -0.419. The number of rotatable bonds is 6. The van der Waals surface area contributed by atoms with E-state index in [1.165, 1.54) is 0 Å². The highest BCUT2D eigenvalue weighted by Gasteiger charge is 2.30. The number of carbonyl (C=O) groups is 1. The molecule has 2 N–H and O–H groups in total. The third-order valence-electron chi connectivity index (χ3n) is 3.74. The molecular weight excluding hydrogens is 327 g/mol. The van der Waals surface area contributed by atoms with Crippen LogP contribution in [0.15, 0.2) is 42.5 Å². The molecule has 0 spiro atoms. The summed E-state index contributed by atoms with van der Waals surface area (Å²) in [6.07, 6.45) is -1.15. The predicted molar refractivity (Wildman–Crippen MR) is 92.0 cm³/mol. The molecule has 0 aromatic heterocycles. The zero-order valence-electron chi connectivity index (χ0n) is 13.9. The molecule has 1 atom stereocenters. The summed E-state index contributed by atoms with van der Waals surface area (Å²) in [6.45, 7) is 5.55. The number of benzene rings is 2. The number of ketones is 1. The summed E-state index contributed by atoms with van der Waals surface area (Å²) in [6, 6.07) is 12.8. The maximum absolute atomic E-state index is 12.9. The van der Waals surface area contributed by atoms with Gasteiger partial charge in [0.05, 0.1) is 0 Å². The van der Waals surface area contributed by atoms with Crippen molar-refractivity contribution < 1.29 is 23.7 Å². The molecule has 0 heterocycles. The lowest BCUT2D eigenvalue weighted by Crippen LogP contribution is -2.27. The van der Waals surface area contributed by atoms with Crippen LogP contribution in [-0.2, 0) is 15.5 Å². The van der Waals surface area contributed by atoms with Gasteiger partial charge in [-0.05, 0) is 37.5 Å². The first kappa shape index (κ1) is 18.6. The van der Waals surface area contributed by atoms with Gasteiger partial charge in [0.25, 0.3) is 0 Å². The highest BCUT2D eigenvalue weighted by Crippen LogP contribution is 2.39. The first-order valence-corrected chi connectivity index (χ1v) is 9.10. The molecule has 0 aliphatic heterocycles. The van der Waals surface area contributed by atoms with Gasteiger partial charge in [0.1, 0.15) is 6.10 Å². The Hall–Kier alpha value is -1.78. The van der Waals surface area contributed by atoms with E-state index in [0.717, 1.165) is 22.3 Å². The standard InChI is InChI=1S/C18H21O5P/c1-12-9-13(2)17(14(3)10-12)18(19)16(23-24(20,21)22)11-15-7-5-4-6-8-15/h4-10,16H,11H2,1-3H3,(H2,20,21,22). The molecule has 0 radical (unpaired) electrons. The van der Waals surface area contributed by atoms with E-state index >= 15 is 0 Å². The van der Waals surface area contributed by atoms with Gasteiger partial charge < -0.3 is 9.79 Å². The average Bonchev–Trinajstić information content (AvgIpc) is 2.45. The van der Waals surface area contributed by atoms with Gasteiger partial charge in [-0.15, -0.1) is 0 Å². The van der Waals surface area contributed by atoms with Gasteiger partial charge >= 0.3 is 7.82 Å². The van der Waals surface area contributed by atoms with Crippen LogP contribution in [0.1, 0.15) is 32.6 Å². The second-order valence-corrected chi connectivity index (χ2v) is 7.10. The van der Waals surface area contributed by atoms with E-state index in [1.807, 2.05) is 39.0 Å². The lowest BCUT2D eigenvalue weighted by molar-refractivity contribution is 0.0710. The summed E-state index contributed by atoms with van der Waals surface area (Å²) < 4.78 is 16.1. The van der Waals surface area contributed by atoms with Crippen LogP contribution in [0.25, 0.3) is 0 Å². The van der Waals surface area contributed by atoms with Crippen molar-refractivity contribution in [3.63, 3.8) is 0 Å². The largest absolute Gasteiger partial charge is 0.470 e. The van der Waals surface area contributed by atoms with Crippen molar-refractivity contribution in [2.75, 3.05) is 0 Å². The Morgan fingerprint density at radius 3 is 2.12 bits per heavy atom. The fraction of sp³-hybridized carbons (Fsp3) is 0.278. The Morgan fingerprint density at radius 2 is 1.62 bits per heavy atom. The predicted octanol–water partition coefficient (Wildman–Crippen LogP) is 3.52. The maximum atomic E-state index is 12.9. The molecule has 0 aliphatic carbocycles. The summed E-state index contributed by atoms with van der Waals surface area (Å²) in [4.78, 5) is 31.3. The number of aryl methyl sites for hydroxylation is 3. The third kappa shape index (κ3) is 4.86. The molecule has 128 valence electrons. The second-order valence-electron chi connectivity index (χ2n) is 5.91. The molecule has 24 heavy (non-hydrogen) atoms. The van der Waals surface area contributed by atoms with Crippen molar-refractivity contribution in [2.45, 2.75) is 33.3 Å². The first-order valence-electron chi connectivity index (χ1n) is 7.57. The maximum Gasteiger partial charge on any atom is 0.470 e. The minimum atomic E-state index is -4.79. The molecule has 0 aliphatic rings. The Labute approximate surface area is 141 Å². The van der Waals surface area contributed by atoms with E-state index in [4.69, 9.17) is 4.52 Å². The Morgan fingerprint density at radius 1 is 1.08 bits per heavy atom. The quantitative estimate of drug-likeness (QED) is 0.616. The van der Waals surface area contributed by atoms with E-state index in [-0.39, 0.29) is 6.42 Å². The van der Waals surface area contributed by atoms with Crippen LogP contribution in [0, 0.1) is 20.8 Å². The van der Waals surface area contributed by atoms with Gasteiger partial charge in [-0.2, -0.15) is 0 Å². The number of phosphoric ester groups is 1. The van der Waals surface area contributed by atoms with E-state index in [0.29, 0.717) is 5.56 Å². The number of hydrogen-bond donors (Lipinski definition) is 2. The number of hydrogen-bond acceptors (Lipinski definition) is 3. The molecule has 2 aromatic rings. The van der Waals surface area contributed by atoms with Gasteiger partial charge in [0, 0.05) is 12.0 Å². The fourth-order valence-corrected chi connectivity index (χ4v) is 3.40. The zero-order chi connectivity index (χ0) is 17.9. The third-order valence-corrected chi connectivity index (χ3v) is 4.27. The fourth-order valence-electron chi connectivity index (χ4n) is 2.90. The molecular formula is C18H21O5P. The van der Waals surface area contributed by atoms with Crippen LogP contribution in [0.5, 0.6) is 0 Å². The SMILES string of the molecule is Cc1cc(C)c(C(=O)C(Cc2ccccc2)OP(=O)(O)O)c(C)c1. The smallest absolute Gasteiger partial charge is 0.303 e. The lowest BCUT2D eigenvalue weighted by atomic mass is 9.92. The number of Topliss-reactive ketones (excluding diaryl/α,β-unsaturated/α-hetero) is 1. The van der Waals surface area contributed by atoms with Crippen molar-refractivity contribution in [3.8, 4) is 0 Å². The zero-order valence-corrected chi connectivity index (χ0v) is 14.8. The van der Waals surface area contributed by atoms with Gasteiger partial charge in [-0.25, -0.2) is 4.57 Å². The minimum absolute atomic E-state index is 0.0948. The second kappa shape index (κ2) is 7.41. The molecule has 5 nitrogen and oxygen atoms in total. The van der Waals surface area contributed by atoms with Crippen molar-refractivity contribution in [3.05, 3.63) is 70.3 Å². The normalized spacial score (nSPS) is 12.9. The summed E-state index contributed by atoms with van der Waals surface area (Å²) in [7, 11) is -4.79. The Bertz CT molecular complexity index is 756. The number of phosphoric acid groups is 1. The molecule has 2 aromatic carbocycles. The molecule has 1 unspecified atom stereocenters. The average molecular weight is 348 g/mol. The van der Waals surface area contributed by atoms with E-state index in [1.54, 1.807) is 24.3 Å². The van der Waals surface area contributed by atoms with Crippen molar-refractivity contribution in [1.29, 1.82) is 0 Å². The highest BCUT2D eigenvalue weighted by molar-refractivity contribution is 7.46. The molecule has 6 heteroatoms. The summed E-state index contributed by atoms with van der Waals surface area (Å²) in [5.41, 5.74) is 3.79. The van der Waals surface area contributed by atoms with Crippen molar-refractivity contribution in [1.82, 2.24) is 0 Å². The lowest BCUT2D eigenvalue weighted by Gasteiger charge is -2.20. The molecule has 0 saturated heterocycles. The molecule has 0 bridgehead atoms. The number of carbonyl (C=O) groups excluding carboxylic acids is 1. The van der Waals surface area contributed by atoms with Crippen LogP contribution in [0.2, 0.25) is 0 Å². The van der Waals surface area contributed by atoms with Crippen molar-refractivity contribution >= 4 is 13.6 Å². The summed E-state index contributed by atoms with van der Waals surface area (Å²) in [5, 5.41) is 0. The highest BCUT2D eigenvalue weighted by atomic mass is 31.2. The van der Waals surface area contributed by atoms with Gasteiger partial charge in [0.2, 0.25) is 0 Å². The summed E-state index contributed by atoms with van der Waals surface area (Å²) >= 11 is 0. The van der Waals surface area contributed by atoms with Gasteiger partial charge in [-0.3, -0.25) is 9.32 Å². The van der Waals surface area contributed by atoms with Crippen LogP contribution in [-0.4, -0.2) is 21.7 Å². The molecule has 0 fully saturated rings. The minimum Gasteiger partial charge on any atom is -0.303 e. The van der Waals surface area contributed by atoms with E-state index < -0.39 is 19.7 Å². The van der Waals surface area contributed by atoms with Crippen LogP contribution >= 0.6 is 7.82 Å². The van der Waals surface area contributed by atoms with Gasteiger partial charge in [-0.1, -0.05) is 48.0 Å². The monoisotopic (exact) mass is 348 g/mol. The first-order chi connectivity index (χ1) is 11.2. The molecule has 0 amide bonds. The van der Waals surface area contributed by atoms with Crippen LogP contribution in [0.3, 0.4) is 0 Å². The van der Waals surface area contributed by atoms with Gasteiger partial charge in [0.15, 0.2) is 5.78 Å². The molecule has 2 rings (SSSR count).